The predicted octanol–water partition coefficient (Wildman–Crippen LogP) is 1.15. The van der Waals surface area contributed by atoms with E-state index in [-0.39, 0.29) is 0 Å². The highest BCUT2D eigenvalue weighted by Crippen LogP contribution is 1.91. The molecule has 0 aromatic heterocycles. The van der Waals surface area contributed by atoms with E-state index in [1.807, 2.05) is 13.0 Å². The van der Waals surface area contributed by atoms with Crippen LogP contribution in [0, 0.1) is 0 Å². The second-order valence-corrected chi connectivity index (χ2v) is 1.94. The maximum Gasteiger partial charge on any atom is 0.0318 e. The van der Waals surface area contributed by atoms with Crippen molar-refractivity contribution in [1.82, 2.24) is 0 Å². The maximum atomic E-state index is 3.51. The van der Waals surface area contributed by atoms with E-state index in [2.05, 4.69) is 16.8 Å². The normalized spacial score (nSPS) is 14.0. The molecule has 1 heteroatoms. The maximum absolute atomic E-state index is 3.51. The van der Waals surface area contributed by atoms with Crippen LogP contribution in [0.1, 0.15) is 6.92 Å². The van der Waals surface area contributed by atoms with Gasteiger partial charge in [-0.05, 0) is 5.54 Å². The van der Waals surface area contributed by atoms with Crippen LogP contribution < -0.4 is 0 Å². The van der Waals surface area contributed by atoms with E-state index in [4.69, 9.17) is 0 Å². The summed E-state index contributed by atoms with van der Waals surface area (Å²) in [5.74, 6) is 0. The molecule has 0 aromatic carbocycles. The van der Waals surface area contributed by atoms with Crippen molar-refractivity contribution in [3.8, 4) is 0 Å². The fourth-order valence-electron chi connectivity index (χ4n) is 0. The van der Waals surface area contributed by atoms with Crippen LogP contribution in [-0.2, 0) is 0 Å². The second-order valence-electron chi connectivity index (χ2n) is 1.02. The summed E-state index contributed by atoms with van der Waals surface area (Å²) in [4.78, 5) is 0. The lowest BCUT2D eigenvalue weighted by atomic mass is 10.5. The molecule has 27 valence electrons. The molecule has 0 fully saturated rings. The molecular weight excluding hydrogens is 76.1 g/mol. The summed E-state index contributed by atoms with van der Waals surface area (Å²) >= 11 is 0. The minimum Gasteiger partial charge on any atom is -0.103 e. The lowest BCUT2D eigenvalue weighted by molar-refractivity contribution is 1.22. The summed E-state index contributed by atoms with van der Waals surface area (Å²) in [6.45, 7) is 5.53. The molecule has 0 aliphatic rings. The quantitative estimate of drug-likeness (QED) is 0.329. The van der Waals surface area contributed by atoms with Gasteiger partial charge in [-0.2, -0.15) is 0 Å². The van der Waals surface area contributed by atoms with Gasteiger partial charge in [-0.15, -0.1) is 6.58 Å². The van der Waals surface area contributed by atoms with Crippen LogP contribution in [0.5, 0.6) is 0 Å². The topological polar surface area (TPSA) is 0 Å². The fraction of sp³-hybridized carbons (Fsp3) is 0.500. The molecule has 5 heavy (non-hydrogen) atoms. The van der Waals surface area contributed by atoms with Crippen molar-refractivity contribution in [2.45, 2.75) is 12.5 Å². The summed E-state index contributed by atoms with van der Waals surface area (Å²) in [5, 5.41) is 0. The van der Waals surface area contributed by atoms with Crippen molar-refractivity contribution < 1.29 is 0 Å². The summed E-state index contributed by atoms with van der Waals surface area (Å²) in [5.41, 5.74) is 0.454. The summed E-state index contributed by atoms with van der Waals surface area (Å²) in [7, 11) is 3.30. The van der Waals surface area contributed by atoms with E-state index in [9.17, 15) is 0 Å². The first-order chi connectivity index (χ1) is 2.27. The minimum absolute atomic E-state index is 0.454. The van der Waals surface area contributed by atoms with Gasteiger partial charge in [-0.3, -0.25) is 0 Å². The zero-order chi connectivity index (χ0) is 4.28. The molecule has 1 unspecified atom stereocenters. The lowest BCUT2D eigenvalue weighted by Crippen LogP contribution is -1.71. The van der Waals surface area contributed by atoms with E-state index in [1.54, 1.807) is 0 Å². The van der Waals surface area contributed by atoms with Gasteiger partial charge >= 0.3 is 0 Å². The summed E-state index contributed by atoms with van der Waals surface area (Å²) in [6, 6.07) is 0. The van der Waals surface area contributed by atoms with Crippen LogP contribution in [0.25, 0.3) is 0 Å². The van der Waals surface area contributed by atoms with E-state index < -0.39 is 0 Å². The molecule has 0 spiro atoms. The molecule has 0 heterocycles. The average molecular weight is 83.2 g/mol. The van der Waals surface area contributed by atoms with E-state index in [0.717, 1.165) is 0 Å². The second kappa shape index (κ2) is 2.21. The molecule has 3 radical (unpaired) electrons. The number of rotatable bonds is 1. The molecule has 0 saturated heterocycles. The third-order valence-corrected chi connectivity index (χ3v) is 0.589. The molecule has 0 aromatic rings. The largest absolute Gasteiger partial charge is 0.103 e. The average Bonchev–Trinajstić information content (AvgIpc) is 1.38. The van der Waals surface area contributed by atoms with Crippen molar-refractivity contribution in [3.63, 3.8) is 0 Å². The molecule has 1 atom stereocenters. The van der Waals surface area contributed by atoms with Gasteiger partial charge in [-0.1, -0.05) is 13.0 Å². The Labute approximate surface area is 36.3 Å². The van der Waals surface area contributed by atoms with Gasteiger partial charge in [0, 0.05) is 10.2 Å². The highest BCUT2D eigenvalue weighted by Gasteiger charge is 1.74. The van der Waals surface area contributed by atoms with Crippen LogP contribution >= 0.6 is 0 Å². The van der Waals surface area contributed by atoms with Crippen molar-refractivity contribution in [2.75, 3.05) is 0 Å². The molecule has 0 N–H and O–H groups in total. The standard InChI is InChI=1S/C4H7Si/c1-3-4(2)5/h3-4H,1H2,2H3. The van der Waals surface area contributed by atoms with Crippen molar-refractivity contribution in [2.24, 2.45) is 0 Å². The number of hydrogen-bond acceptors (Lipinski definition) is 0. The Morgan fingerprint density at radius 1 is 2.00 bits per heavy atom. The molecular formula is C4H7Si. The lowest BCUT2D eigenvalue weighted by Gasteiger charge is -1.83. The van der Waals surface area contributed by atoms with Gasteiger partial charge in [0.05, 0.1) is 0 Å². The van der Waals surface area contributed by atoms with Gasteiger partial charge in [-0.25, -0.2) is 0 Å². The molecule has 0 aliphatic carbocycles. The molecule has 0 bridgehead atoms. The number of hydrogen-bond donors (Lipinski definition) is 0. The zero-order valence-electron chi connectivity index (χ0n) is 3.36. The van der Waals surface area contributed by atoms with E-state index in [1.165, 1.54) is 0 Å². The molecule has 0 aliphatic heterocycles. The molecule has 0 amide bonds. The van der Waals surface area contributed by atoms with Crippen molar-refractivity contribution in [3.05, 3.63) is 12.7 Å². The Morgan fingerprint density at radius 3 is 2.20 bits per heavy atom. The van der Waals surface area contributed by atoms with Crippen LogP contribution in [-0.4, -0.2) is 10.2 Å². The van der Waals surface area contributed by atoms with Gasteiger partial charge in [0.2, 0.25) is 0 Å². The smallest absolute Gasteiger partial charge is 0.0318 e. The van der Waals surface area contributed by atoms with E-state index in [0.29, 0.717) is 5.54 Å². The Balaban J connectivity index is 2.83. The van der Waals surface area contributed by atoms with Crippen LogP contribution in [0.3, 0.4) is 0 Å². The highest BCUT2D eigenvalue weighted by molar-refractivity contribution is 6.12. The van der Waals surface area contributed by atoms with Gasteiger partial charge in [0.25, 0.3) is 0 Å². The van der Waals surface area contributed by atoms with E-state index >= 15 is 0 Å². The molecule has 0 saturated carbocycles. The first kappa shape index (κ1) is 4.96. The number of allylic oxidation sites excluding steroid dienone is 1. The molecule has 0 nitrogen and oxygen atoms in total. The Bertz CT molecular complexity index is 30.6. The summed E-state index contributed by atoms with van der Waals surface area (Å²) < 4.78 is 0. The van der Waals surface area contributed by atoms with Crippen molar-refractivity contribution in [1.29, 1.82) is 0 Å². The third kappa shape index (κ3) is 3.96. The van der Waals surface area contributed by atoms with Crippen LogP contribution in [0.4, 0.5) is 0 Å². The summed E-state index contributed by atoms with van der Waals surface area (Å²) in [6.07, 6.45) is 1.83. The van der Waals surface area contributed by atoms with Gasteiger partial charge in [0.1, 0.15) is 0 Å². The Kier molecular flexibility index (Phi) is 2.19. The zero-order valence-corrected chi connectivity index (χ0v) is 4.36. The van der Waals surface area contributed by atoms with Gasteiger partial charge in [0.15, 0.2) is 0 Å². The first-order valence-electron chi connectivity index (χ1n) is 1.61. The fourth-order valence-corrected chi connectivity index (χ4v) is 0. The van der Waals surface area contributed by atoms with Crippen LogP contribution in [0.15, 0.2) is 12.7 Å². The van der Waals surface area contributed by atoms with Crippen LogP contribution in [0.2, 0.25) is 5.54 Å². The first-order valence-corrected chi connectivity index (χ1v) is 2.18. The Hall–Kier alpha value is -0.0431. The van der Waals surface area contributed by atoms with Crippen molar-refractivity contribution >= 4 is 10.2 Å². The van der Waals surface area contributed by atoms with Gasteiger partial charge < -0.3 is 0 Å². The third-order valence-electron chi connectivity index (χ3n) is 0.354. The Morgan fingerprint density at radius 2 is 2.20 bits per heavy atom. The minimum atomic E-state index is 0.454. The predicted molar refractivity (Wildman–Crippen MR) is 25.4 cm³/mol. The monoisotopic (exact) mass is 83.0 g/mol. The highest BCUT2D eigenvalue weighted by atomic mass is 28.1. The SMILES string of the molecule is C=CC(C)[Si]. The molecule has 0 rings (SSSR count).